The largest absolute Gasteiger partial charge is 0.500 e. The lowest BCUT2D eigenvalue weighted by molar-refractivity contribution is -0.386. The number of nitro benzene ring substituents is 1. The Kier molecular flexibility index (Phi) is 6.42. The van der Waals surface area contributed by atoms with Crippen LogP contribution in [0.2, 0.25) is 0 Å². The molecule has 0 saturated carbocycles. The van der Waals surface area contributed by atoms with Crippen LogP contribution < -0.4 is 4.74 Å². The normalized spacial score (nSPS) is 10.8. The lowest BCUT2D eigenvalue weighted by atomic mass is 10.2. The first kappa shape index (κ1) is 19.9. The van der Waals surface area contributed by atoms with Crippen LogP contribution in [0.15, 0.2) is 77.9 Å². The summed E-state index contributed by atoms with van der Waals surface area (Å²) in [6.45, 7) is 1.15. The molecule has 29 heavy (non-hydrogen) atoms. The fourth-order valence-corrected chi connectivity index (χ4v) is 2.86. The first-order chi connectivity index (χ1) is 14.1. The molecule has 0 aliphatic heterocycles. The Morgan fingerprint density at radius 1 is 1.03 bits per heavy atom. The van der Waals surface area contributed by atoms with Gasteiger partial charge in [0, 0.05) is 11.6 Å². The summed E-state index contributed by atoms with van der Waals surface area (Å²) in [5.41, 5.74) is 2.21. The van der Waals surface area contributed by atoms with Crippen molar-refractivity contribution in [2.45, 2.75) is 13.1 Å². The van der Waals surface area contributed by atoms with Crippen LogP contribution in [0.25, 0.3) is 0 Å². The van der Waals surface area contributed by atoms with Crippen molar-refractivity contribution in [2.75, 3.05) is 7.11 Å². The SMILES string of the molecule is COc1cc(/C=N/N(Cc2ccccc2)Cc2ccccc2)cc([N+](=O)[O-])c1O. The van der Waals surface area contributed by atoms with Gasteiger partial charge in [-0.15, -0.1) is 0 Å². The number of hydrogen-bond acceptors (Lipinski definition) is 6. The van der Waals surface area contributed by atoms with Gasteiger partial charge in [-0.25, -0.2) is 0 Å². The van der Waals surface area contributed by atoms with Gasteiger partial charge in [-0.1, -0.05) is 60.7 Å². The quantitative estimate of drug-likeness (QED) is 0.350. The van der Waals surface area contributed by atoms with E-state index in [1.54, 1.807) is 0 Å². The van der Waals surface area contributed by atoms with Gasteiger partial charge in [0.05, 0.1) is 31.3 Å². The number of nitrogens with zero attached hydrogens (tertiary/aromatic N) is 3. The molecule has 0 unspecified atom stereocenters. The van der Waals surface area contributed by atoms with E-state index in [2.05, 4.69) is 5.10 Å². The summed E-state index contributed by atoms with van der Waals surface area (Å²) in [5, 5.41) is 27.5. The second-order valence-corrected chi connectivity index (χ2v) is 6.39. The average Bonchev–Trinajstić information content (AvgIpc) is 2.74. The lowest BCUT2D eigenvalue weighted by Gasteiger charge is -2.19. The van der Waals surface area contributed by atoms with E-state index in [9.17, 15) is 15.2 Å². The summed E-state index contributed by atoms with van der Waals surface area (Å²) in [6, 6.07) is 22.6. The highest BCUT2D eigenvalue weighted by atomic mass is 16.6. The van der Waals surface area contributed by atoms with Crippen molar-refractivity contribution < 1.29 is 14.8 Å². The zero-order chi connectivity index (χ0) is 20.6. The molecule has 0 atom stereocenters. The van der Waals surface area contributed by atoms with Crippen LogP contribution >= 0.6 is 0 Å². The summed E-state index contributed by atoms with van der Waals surface area (Å²) in [5.74, 6) is -0.474. The van der Waals surface area contributed by atoms with Gasteiger partial charge < -0.3 is 9.84 Å². The van der Waals surface area contributed by atoms with E-state index >= 15 is 0 Å². The van der Waals surface area contributed by atoms with E-state index in [0.29, 0.717) is 18.7 Å². The molecule has 3 aromatic carbocycles. The van der Waals surface area contributed by atoms with E-state index in [-0.39, 0.29) is 5.75 Å². The first-order valence-corrected chi connectivity index (χ1v) is 8.99. The number of hydrazone groups is 1. The molecule has 7 heteroatoms. The van der Waals surface area contributed by atoms with Gasteiger partial charge in [-0.2, -0.15) is 5.10 Å². The molecule has 0 amide bonds. The number of aromatic hydroxyl groups is 1. The van der Waals surface area contributed by atoms with Gasteiger partial charge in [0.1, 0.15) is 0 Å². The maximum absolute atomic E-state index is 11.2. The van der Waals surface area contributed by atoms with Crippen LogP contribution in [0.5, 0.6) is 11.5 Å². The summed E-state index contributed by atoms with van der Waals surface area (Å²) in [4.78, 5) is 10.5. The van der Waals surface area contributed by atoms with Crippen molar-refractivity contribution in [3.63, 3.8) is 0 Å². The fraction of sp³-hybridized carbons (Fsp3) is 0.136. The third-order valence-electron chi connectivity index (χ3n) is 4.28. The summed E-state index contributed by atoms with van der Waals surface area (Å²) in [6.07, 6.45) is 1.53. The monoisotopic (exact) mass is 391 g/mol. The second kappa shape index (κ2) is 9.36. The van der Waals surface area contributed by atoms with Crippen LogP contribution in [-0.4, -0.2) is 28.4 Å². The third kappa shape index (κ3) is 5.32. The fourth-order valence-electron chi connectivity index (χ4n) is 2.86. The van der Waals surface area contributed by atoms with Crippen LogP contribution in [0.1, 0.15) is 16.7 Å². The number of phenolic OH excluding ortho intramolecular Hbond substituents is 1. The minimum Gasteiger partial charge on any atom is -0.500 e. The highest BCUT2D eigenvalue weighted by Crippen LogP contribution is 2.36. The third-order valence-corrected chi connectivity index (χ3v) is 4.28. The molecule has 3 aromatic rings. The molecule has 0 heterocycles. The molecule has 0 aromatic heterocycles. The second-order valence-electron chi connectivity index (χ2n) is 6.39. The molecule has 1 N–H and O–H groups in total. The van der Waals surface area contributed by atoms with E-state index in [4.69, 9.17) is 4.74 Å². The van der Waals surface area contributed by atoms with Crippen molar-refractivity contribution in [1.82, 2.24) is 5.01 Å². The minimum atomic E-state index is -0.652. The molecule has 0 aliphatic carbocycles. The molecular formula is C22H21N3O4. The smallest absolute Gasteiger partial charge is 0.315 e. The van der Waals surface area contributed by atoms with Crippen LogP contribution in [-0.2, 0) is 13.1 Å². The molecular weight excluding hydrogens is 370 g/mol. The van der Waals surface area contributed by atoms with Crippen LogP contribution in [0, 0.1) is 10.1 Å². The minimum absolute atomic E-state index is 0.0262. The molecule has 7 nitrogen and oxygen atoms in total. The van der Waals surface area contributed by atoms with Crippen molar-refractivity contribution in [3.05, 3.63) is 99.6 Å². The maximum Gasteiger partial charge on any atom is 0.315 e. The van der Waals surface area contributed by atoms with Gasteiger partial charge in [-0.3, -0.25) is 15.1 Å². The van der Waals surface area contributed by atoms with Crippen molar-refractivity contribution in [1.29, 1.82) is 0 Å². The van der Waals surface area contributed by atoms with E-state index in [0.717, 1.165) is 11.1 Å². The van der Waals surface area contributed by atoms with Gasteiger partial charge in [-0.05, 0) is 17.2 Å². The predicted octanol–water partition coefficient (Wildman–Crippen LogP) is 4.35. The number of nitro groups is 1. The zero-order valence-electron chi connectivity index (χ0n) is 15.9. The van der Waals surface area contributed by atoms with Crippen LogP contribution in [0.3, 0.4) is 0 Å². The lowest BCUT2D eigenvalue weighted by Crippen LogP contribution is -2.17. The Morgan fingerprint density at radius 3 is 2.07 bits per heavy atom. The molecule has 0 saturated heterocycles. The summed E-state index contributed by atoms with van der Waals surface area (Å²) < 4.78 is 5.04. The number of phenols is 1. The number of rotatable bonds is 8. The number of methoxy groups -OCH3 is 1. The highest BCUT2D eigenvalue weighted by Gasteiger charge is 2.19. The Morgan fingerprint density at radius 2 is 1.59 bits per heavy atom. The molecule has 3 rings (SSSR count). The zero-order valence-corrected chi connectivity index (χ0v) is 15.9. The molecule has 0 bridgehead atoms. The molecule has 0 fully saturated rings. The number of benzene rings is 3. The first-order valence-electron chi connectivity index (χ1n) is 8.99. The Labute approximate surface area is 168 Å². The van der Waals surface area contributed by atoms with Gasteiger partial charge >= 0.3 is 5.69 Å². The Hall–Kier alpha value is -3.87. The number of hydrogen-bond donors (Lipinski definition) is 1. The van der Waals surface area contributed by atoms with Crippen LogP contribution in [0.4, 0.5) is 5.69 Å². The average molecular weight is 391 g/mol. The summed E-state index contributed by atoms with van der Waals surface area (Å²) >= 11 is 0. The molecule has 0 spiro atoms. The van der Waals surface area contributed by atoms with E-state index in [1.165, 1.54) is 25.5 Å². The predicted molar refractivity (Wildman–Crippen MR) is 111 cm³/mol. The molecule has 148 valence electrons. The van der Waals surface area contributed by atoms with E-state index < -0.39 is 16.4 Å². The van der Waals surface area contributed by atoms with Crippen molar-refractivity contribution in [2.24, 2.45) is 5.10 Å². The van der Waals surface area contributed by atoms with E-state index in [1.807, 2.05) is 65.7 Å². The molecule has 0 radical (unpaired) electrons. The topological polar surface area (TPSA) is 88.2 Å². The molecule has 0 aliphatic rings. The maximum atomic E-state index is 11.2. The Balaban J connectivity index is 1.89. The van der Waals surface area contributed by atoms with Gasteiger partial charge in [0.2, 0.25) is 5.75 Å². The van der Waals surface area contributed by atoms with Crippen molar-refractivity contribution >= 4 is 11.9 Å². The summed E-state index contributed by atoms with van der Waals surface area (Å²) in [7, 11) is 1.34. The van der Waals surface area contributed by atoms with Gasteiger partial charge in [0.15, 0.2) is 5.75 Å². The van der Waals surface area contributed by atoms with Gasteiger partial charge in [0.25, 0.3) is 0 Å². The Bertz CT molecular complexity index is 950. The highest BCUT2D eigenvalue weighted by molar-refractivity contribution is 5.83. The standard InChI is InChI=1S/C22H21N3O4/c1-29-21-13-19(12-20(22(21)26)25(27)28)14-23-24(15-17-8-4-2-5-9-17)16-18-10-6-3-7-11-18/h2-14,26H,15-16H2,1H3/b23-14+. The van der Waals surface area contributed by atoms with Crippen molar-refractivity contribution in [3.8, 4) is 11.5 Å². The number of ether oxygens (including phenoxy) is 1.